The average Bonchev–Trinajstić information content (AvgIpc) is 3.36. The summed E-state index contributed by atoms with van der Waals surface area (Å²) in [5.74, 6) is -2.01. The van der Waals surface area contributed by atoms with Crippen LogP contribution in [0.15, 0.2) is 61.3 Å². The van der Waals surface area contributed by atoms with Crippen molar-refractivity contribution >= 4 is 0 Å². The fraction of sp³-hybridized carbons (Fsp3) is 0.227. The molecule has 0 saturated heterocycles. The van der Waals surface area contributed by atoms with Crippen molar-refractivity contribution in [1.82, 2.24) is 24.5 Å². The molecule has 0 radical (unpaired) electrons. The summed E-state index contributed by atoms with van der Waals surface area (Å²) in [7, 11) is 0. The van der Waals surface area contributed by atoms with Gasteiger partial charge < -0.3 is 5.11 Å². The molecule has 2 atom stereocenters. The summed E-state index contributed by atoms with van der Waals surface area (Å²) in [6, 6.07) is 8.32. The quantitative estimate of drug-likeness (QED) is 0.505. The number of hydrogen-bond acceptors (Lipinski definition) is 4. The number of aliphatic hydroxyl groups is 1. The molecule has 0 aliphatic rings. The maximum Gasteiger partial charge on any atom is 0.137 e. The minimum Gasteiger partial charge on any atom is -0.381 e. The summed E-state index contributed by atoms with van der Waals surface area (Å²) in [5.41, 5.74) is 0.0103. The lowest BCUT2D eigenvalue weighted by Crippen LogP contribution is -2.41. The minimum absolute atomic E-state index is 0.0981. The summed E-state index contributed by atoms with van der Waals surface area (Å²) >= 11 is 0. The van der Waals surface area contributed by atoms with E-state index in [0.717, 1.165) is 12.1 Å². The van der Waals surface area contributed by atoms with Gasteiger partial charge in [0, 0.05) is 22.9 Å². The van der Waals surface area contributed by atoms with Gasteiger partial charge in [-0.3, -0.25) is 4.68 Å². The lowest BCUT2D eigenvalue weighted by Gasteiger charge is -2.35. The molecule has 0 fully saturated rings. The third kappa shape index (κ3) is 3.84. The van der Waals surface area contributed by atoms with Crippen LogP contribution >= 0.6 is 0 Å². The van der Waals surface area contributed by atoms with Gasteiger partial charge in [-0.2, -0.15) is 10.2 Å². The summed E-state index contributed by atoms with van der Waals surface area (Å²) in [5, 5.41) is 20.1. The van der Waals surface area contributed by atoms with Crippen molar-refractivity contribution in [2.24, 2.45) is 0 Å². The van der Waals surface area contributed by atoms with Gasteiger partial charge in [0.15, 0.2) is 0 Å². The fourth-order valence-electron chi connectivity index (χ4n) is 3.80. The van der Waals surface area contributed by atoms with E-state index in [-0.39, 0.29) is 17.9 Å². The SMILES string of the molecule is Cc1c(-c2cccc(F)c2)cnn1[C@H](C)[C@](O)(Cn1cncn1)c1ccc(F)cc1F. The number of nitrogens with zero attached hydrogens (tertiary/aromatic N) is 5. The minimum atomic E-state index is -1.85. The maximum atomic E-state index is 14.7. The monoisotopic (exact) mass is 427 g/mol. The van der Waals surface area contributed by atoms with E-state index in [2.05, 4.69) is 15.2 Å². The highest BCUT2D eigenvalue weighted by atomic mass is 19.1. The van der Waals surface area contributed by atoms with Gasteiger partial charge in [-0.05, 0) is 37.6 Å². The summed E-state index contributed by atoms with van der Waals surface area (Å²) in [6.07, 6.45) is 4.26. The Balaban J connectivity index is 1.80. The first-order valence-electron chi connectivity index (χ1n) is 9.60. The second-order valence-electron chi connectivity index (χ2n) is 7.42. The molecule has 9 heteroatoms. The topological polar surface area (TPSA) is 68.8 Å². The number of rotatable bonds is 6. The maximum absolute atomic E-state index is 14.7. The zero-order chi connectivity index (χ0) is 22.2. The van der Waals surface area contributed by atoms with Crippen LogP contribution in [-0.2, 0) is 12.1 Å². The second kappa shape index (κ2) is 7.99. The first kappa shape index (κ1) is 20.8. The van der Waals surface area contributed by atoms with E-state index >= 15 is 0 Å². The smallest absolute Gasteiger partial charge is 0.137 e. The number of halogens is 3. The molecule has 0 bridgehead atoms. The van der Waals surface area contributed by atoms with E-state index in [0.29, 0.717) is 16.8 Å². The van der Waals surface area contributed by atoms with Gasteiger partial charge in [0.1, 0.15) is 35.7 Å². The third-order valence-corrected chi connectivity index (χ3v) is 5.51. The van der Waals surface area contributed by atoms with Crippen LogP contribution in [0.2, 0.25) is 0 Å². The van der Waals surface area contributed by atoms with Crippen LogP contribution in [0, 0.1) is 24.4 Å². The Bertz CT molecular complexity index is 1210. The van der Waals surface area contributed by atoms with Gasteiger partial charge in [0.05, 0.1) is 18.8 Å². The molecule has 0 amide bonds. The molecule has 2 aromatic heterocycles. The van der Waals surface area contributed by atoms with Gasteiger partial charge >= 0.3 is 0 Å². The Kier molecular flexibility index (Phi) is 5.36. The number of hydrogen-bond donors (Lipinski definition) is 1. The molecule has 2 aromatic carbocycles. The molecule has 4 rings (SSSR count). The van der Waals surface area contributed by atoms with E-state index < -0.39 is 23.3 Å². The molecular formula is C22H20F3N5O. The van der Waals surface area contributed by atoms with Crippen LogP contribution in [-0.4, -0.2) is 29.7 Å². The van der Waals surface area contributed by atoms with Crippen molar-refractivity contribution < 1.29 is 18.3 Å². The van der Waals surface area contributed by atoms with Gasteiger partial charge in [-0.15, -0.1) is 0 Å². The number of aromatic nitrogens is 5. The van der Waals surface area contributed by atoms with Crippen LogP contribution in [0.3, 0.4) is 0 Å². The van der Waals surface area contributed by atoms with Gasteiger partial charge in [0.2, 0.25) is 0 Å². The van der Waals surface area contributed by atoms with Crippen molar-refractivity contribution in [2.75, 3.05) is 0 Å². The highest BCUT2D eigenvalue weighted by molar-refractivity contribution is 5.65. The van der Waals surface area contributed by atoms with Gasteiger partial charge in [0.25, 0.3) is 0 Å². The van der Waals surface area contributed by atoms with Crippen LogP contribution < -0.4 is 0 Å². The van der Waals surface area contributed by atoms with Crippen molar-refractivity contribution in [2.45, 2.75) is 32.0 Å². The average molecular weight is 427 g/mol. The lowest BCUT2D eigenvalue weighted by atomic mass is 9.86. The zero-order valence-corrected chi connectivity index (χ0v) is 16.9. The van der Waals surface area contributed by atoms with Crippen LogP contribution in [0.1, 0.15) is 24.2 Å². The molecule has 160 valence electrons. The third-order valence-electron chi connectivity index (χ3n) is 5.51. The lowest BCUT2D eigenvalue weighted by molar-refractivity contribution is -0.0375. The van der Waals surface area contributed by atoms with Gasteiger partial charge in [-0.1, -0.05) is 18.2 Å². The van der Waals surface area contributed by atoms with Crippen molar-refractivity contribution in [3.63, 3.8) is 0 Å². The van der Waals surface area contributed by atoms with E-state index in [9.17, 15) is 18.3 Å². The normalized spacial score (nSPS) is 14.4. The largest absolute Gasteiger partial charge is 0.381 e. The highest BCUT2D eigenvalue weighted by Crippen LogP contribution is 2.38. The van der Waals surface area contributed by atoms with Crippen LogP contribution in [0.4, 0.5) is 13.2 Å². The fourth-order valence-corrected chi connectivity index (χ4v) is 3.80. The molecule has 0 unspecified atom stereocenters. The van der Waals surface area contributed by atoms with Crippen molar-refractivity contribution in [3.8, 4) is 11.1 Å². The molecule has 0 aliphatic carbocycles. The predicted molar refractivity (Wildman–Crippen MR) is 107 cm³/mol. The Labute approximate surface area is 176 Å². The Morgan fingerprint density at radius 3 is 2.52 bits per heavy atom. The summed E-state index contributed by atoms with van der Waals surface area (Å²) < 4.78 is 44.9. The first-order chi connectivity index (χ1) is 14.8. The van der Waals surface area contributed by atoms with E-state index in [1.807, 2.05) is 0 Å². The Morgan fingerprint density at radius 1 is 1.06 bits per heavy atom. The summed E-state index contributed by atoms with van der Waals surface area (Å²) in [6.45, 7) is 3.31. The Hall–Kier alpha value is -3.46. The molecule has 2 heterocycles. The first-order valence-corrected chi connectivity index (χ1v) is 9.60. The van der Waals surface area contributed by atoms with Crippen LogP contribution in [0.25, 0.3) is 11.1 Å². The van der Waals surface area contributed by atoms with E-state index in [1.165, 1.54) is 35.5 Å². The predicted octanol–water partition coefficient (Wildman–Crippen LogP) is 4.02. The Morgan fingerprint density at radius 2 is 1.84 bits per heavy atom. The standard InChI is InChI=1S/C22H20F3N5O/c1-14-19(16-4-3-5-17(23)8-16)10-27-30(14)15(2)22(31,11-29-13-26-12-28-29)20-7-6-18(24)9-21(20)25/h3-10,12-13,15,31H,11H2,1-2H3/t15-,22-/m1/s1. The molecule has 31 heavy (non-hydrogen) atoms. The molecule has 0 spiro atoms. The van der Waals surface area contributed by atoms with E-state index in [1.54, 1.807) is 36.9 Å². The molecule has 0 aliphatic heterocycles. The highest BCUT2D eigenvalue weighted by Gasteiger charge is 2.41. The van der Waals surface area contributed by atoms with Crippen molar-refractivity contribution in [3.05, 3.63) is 90.0 Å². The molecule has 6 nitrogen and oxygen atoms in total. The van der Waals surface area contributed by atoms with Crippen LogP contribution in [0.5, 0.6) is 0 Å². The van der Waals surface area contributed by atoms with E-state index in [4.69, 9.17) is 0 Å². The summed E-state index contributed by atoms with van der Waals surface area (Å²) in [4.78, 5) is 3.87. The molecule has 4 aromatic rings. The molecular weight excluding hydrogens is 407 g/mol. The second-order valence-corrected chi connectivity index (χ2v) is 7.42. The zero-order valence-electron chi connectivity index (χ0n) is 16.9. The molecule has 0 saturated carbocycles. The van der Waals surface area contributed by atoms with Gasteiger partial charge in [-0.25, -0.2) is 22.8 Å². The number of benzene rings is 2. The molecule has 1 N–H and O–H groups in total. The van der Waals surface area contributed by atoms with Crippen molar-refractivity contribution in [1.29, 1.82) is 0 Å².